The molecular formula is C9H17BrN2O4S. The van der Waals surface area contributed by atoms with Crippen LogP contribution in [0.5, 0.6) is 0 Å². The first-order valence-corrected chi connectivity index (χ1v) is 8.01. The van der Waals surface area contributed by atoms with Gasteiger partial charge in [0, 0.05) is 17.9 Å². The van der Waals surface area contributed by atoms with Gasteiger partial charge in [0.05, 0.1) is 7.11 Å². The number of nitrogens with one attached hydrogen (secondary N) is 1. The summed E-state index contributed by atoms with van der Waals surface area (Å²) in [6.07, 6.45) is 2.78. The van der Waals surface area contributed by atoms with Gasteiger partial charge in [-0.2, -0.15) is 12.7 Å². The normalized spacial score (nSPS) is 17.4. The first-order chi connectivity index (χ1) is 8.01. The number of alkyl halides is 1. The second-order valence-corrected chi connectivity index (χ2v) is 6.25. The number of ether oxygens (including phenoxy) is 1. The van der Waals surface area contributed by atoms with Gasteiger partial charge in [-0.3, -0.25) is 0 Å². The van der Waals surface area contributed by atoms with Crippen LogP contribution in [-0.4, -0.2) is 43.8 Å². The first-order valence-electron chi connectivity index (χ1n) is 5.44. The van der Waals surface area contributed by atoms with E-state index in [0.29, 0.717) is 11.9 Å². The van der Waals surface area contributed by atoms with Crippen molar-refractivity contribution >= 4 is 32.2 Å². The highest BCUT2D eigenvalue weighted by atomic mass is 79.9. The maximum Gasteiger partial charge on any atom is 0.421 e. The van der Waals surface area contributed by atoms with Gasteiger partial charge in [-0.05, 0) is 12.8 Å². The van der Waals surface area contributed by atoms with Crippen molar-refractivity contribution in [1.29, 1.82) is 0 Å². The summed E-state index contributed by atoms with van der Waals surface area (Å²) in [4.78, 5) is 11.0. The van der Waals surface area contributed by atoms with E-state index in [2.05, 4.69) is 20.7 Å². The third-order valence-corrected chi connectivity index (χ3v) is 4.62. The zero-order chi connectivity index (χ0) is 12.9. The van der Waals surface area contributed by atoms with E-state index in [9.17, 15) is 13.2 Å². The number of carbonyl (C=O) groups excluding carboxylic acids is 1. The second-order valence-electron chi connectivity index (χ2n) is 3.84. The molecule has 6 nitrogen and oxygen atoms in total. The van der Waals surface area contributed by atoms with Crippen molar-refractivity contribution < 1.29 is 17.9 Å². The van der Waals surface area contributed by atoms with Gasteiger partial charge in [0.25, 0.3) is 0 Å². The topological polar surface area (TPSA) is 75.7 Å². The Morgan fingerprint density at radius 1 is 1.47 bits per heavy atom. The minimum Gasteiger partial charge on any atom is -0.452 e. The van der Waals surface area contributed by atoms with Gasteiger partial charge in [-0.15, -0.1) is 0 Å². The smallest absolute Gasteiger partial charge is 0.421 e. The molecule has 1 fully saturated rings. The second kappa shape index (κ2) is 6.55. The van der Waals surface area contributed by atoms with Crippen LogP contribution in [0.15, 0.2) is 0 Å². The van der Waals surface area contributed by atoms with Gasteiger partial charge in [-0.1, -0.05) is 28.8 Å². The lowest BCUT2D eigenvalue weighted by Gasteiger charge is -2.26. The molecule has 0 bridgehead atoms. The summed E-state index contributed by atoms with van der Waals surface area (Å²) < 4.78 is 31.5. The predicted molar refractivity (Wildman–Crippen MR) is 67.2 cm³/mol. The zero-order valence-electron chi connectivity index (χ0n) is 9.69. The van der Waals surface area contributed by atoms with Crippen molar-refractivity contribution in [3.05, 3.63) is 0 Å². The molecule has 0 aromatic heterocycles. The van der Waals surface area contributed by atoms with Crippen LogP contribution in [0, 0.1) is 0 Å². The highest BCUT2D eigenvalue weighted by molar-refractivity contribution is 9.09. The summed E-state index contributed by atoms with van der Waals surface area (Å²) in [6, 6.07) is -0.0188. The lowest BCUT2D eigenvalue weighted by atomic mass is 10.2. The highest BCUT2D eigenvalue weighted by Crippen LogP contribution is 2.25. The van der Waals surface area contributed by atoms with Crippen LogP contribution in [0.1, 0.15) is 25.7 Å². The van der Waals surface area contributed by atoms with E-state index >= 15 is 0 Å². The Hall–Kier alpha value is -0.340. The molecule has 17 heavy (non-hydrogen) atoms. The minimum absolute atomic E-state index is 0.0188. The van der Waals surface area contributed by atoms with Gasteiger partial charge in [0.15, 0.2) is 0 Å². The number of amides is 1. The van der Waals surface area contributed by atoms with Crippen LogP contribution in [0.2, 0.25) is 0 Å². The van der Waals surface area contributed by atoms with E-state index in [0.717, 1.165) is 32.8 Å². The summed E-state index contributed by atoms with van der Waals surface area (Å²) in [5.74, 6) is 0. The molecule has 0 aromatic rings. The molecule has 1 aliphatic rings. The van der Waals surface area contributed by atoms with Crippen LogP contribution < -0.4 is 4.72 Å². The molecule has 8 heteroatoms. The van der Waals surface area contributed by atoms with E-state index in [1.54, 1.807) is 0 Å². The van der Waals surface area contributed by atoms with Crippen molar-refractivity contribution in [3.63, 3.8) is 0 Å². The van der Waals surface area contributed by atoms with Crippen molar-refractivity contribution in [1.82, 2.24) is 9.03 Å². The monoisotopic (exact) mass is 328 g/mol. The van der Waals surface area contributed by atoms with E-state index in [1.807, 2.05) is 4.72 Å². The fourth-order valence-electron chi connectivity index (χ4n) is 1.98. The number of carbonyl (C=O) groups is 1. The number of halogens is 1. The molecule has 0 spiro atoms. The zero-order valence-corrected chi connectivity index (χ0v) is 12.1. The molecule has 1 N–H and O–H groups in total. The Morgan fingerprint density at radius 3 is 2.53 bits per heavy atom. The third-order valence-electron chi connectivity index (χ3n) is 2.74. The van der Waals surface area contributed by atoms with Gasteiger partial charge in [-0.25, -0.2) is 9.52 Å². The molecule has 0 aliphatic heterocycles. The molecule has 0 atom stereocenters. The van der Waals surface area contributed by atoms with Crippen molar-refractivity contribution in [2.45, 2.75) is 31.7 Å². The third kappa shape index (κ3) is 4.11. The Bertz CT molecular complexity index is 354. The Morgan fingerprint density at radius 2 is 2.06 bits per heavy atom. The quantitative estimate of drug-likeness (QED) is 0.770. The lowest BCUT2D eigenvalue weighted by Crippen LogP contribution is -2.48. The fourth-order valence-corrected chi connectivity index (χ4v) is 3.94. The molecule has 0 heterocycles. The Labute approximate surface area is 110 Å². The standard InChI is InChI=1S/C9H17BrN2O4S/c1-16-9(13)11-17(14,15)12(7-6-10)8-4-2-3-5-8/h8H,2-7H2,1H3,(H,11,13). The Balaban J connectivity index is 2.77. The molecule has 1 aliphatic carbocycles. The average Bonchev–Trinajstić information content (AvgIpc) is 2.77. The lowest BCUT2D eigenvalue weighted by molar-refractivity contribution is 0.176. The van der Waals surface area contributed by atoms with Gasteiger partial charge in [0.2, 0.25) is 0 Å². The van der Waals surface area contributed by atoms with Crippen LogP contribution in [0.4, 0.5) is 4.79 Å². The van der Waals surface area contributed by atoms with E-state index in [-0.39, 0.29) is 6.04 Å². The molecule has 0 aromatic carbocycles. The van der Waals surface area contributed by atoms with Crippen molar-refractivity contribution in [3.8, 4) is 0 Å². The number of rotatable bonds is 5. The average molecular weight is 329 g/mol. The first kappa shape index (κ1) is 14.7. The van der Waals surface area contributed by atoms with E-state index in [1.165, 1.54) is 4.31 Å². The number of hydrogen-bond donors (Lipinski definition) is 1. The summed E-state index contributed by atoms with van der Waals surface area (Å²) in [7, 11) is -2.67. The van der Waals surface area contributed by atoms with Gasteiger partial charge < -0.3 is 4.74 Å². The molecule has 0 unspecified atom stereocenters. The summed E-state index contributed by atoms with van der Waals surface area (Å²) in [5.41, 5.74) is 0. The number of methoxy groups -OCH3 is 1. The summed E-state index contributed by atoms with van der Waals surface area (Å²) in [5, 5.41) is 0.533. The van der Waals surface area contributed by atoms with E-state index in [4.69, 9.17) is 0 Å². The molecular weight excluding hydrogens is 312 g/mol. The van der Waals surface area contributed by atoms with Gasteiger partial charge >= 0.3 is 16.3 Å². The minimum atomic E-state index is -3.80. The van der Waals surface area contributed by atoms with Crippen LogP contribution in [0.25, 0.3) is 0 Å². The SMILES string of the molecule is COC(=O)NS(=O)(=O)N(CCBr)C1CCCC1. The maximum absolute atomic E-state index is 12.0. The summed E-state index contributed by atoms with van der Waals surface area (Å²) >= 11 is 3.22. The fraction of sp³-hybridized carbons (Fsp3) is 0.889. The molecule has 0 saturated heterocycles. The molecule has 100 valence electrons. The predicted octanol–water partition coefficient (Wildman–Crippen LogP) is 1.23. The highest BCUT2D eigenvalue weighted by Gasteiger charge is 2.32. The van der Waals surface area contributed by atoms with Crippen LogP contribution >= 0.6 is 15.9 Å². The molecule has 1 saturated carbocycles. The van der Waals surface area contributed by atoms with Crippen LogP contribution in [0.3, 0.4) is 0 Å². The van der Waals surface area contributed by atoms with Crippen molar-refractivity contribution in [2.24, 2.45) is 0 Å². The summed E-state index contributed by atoms with van der Waals surface area (Å²) in [6.45, 7) is 0.344. The number of nitrogens with zero attached hydrogens (tertiary/aromatic N) is 1. The van der Waals surface area contributed by atoms with Crippen molar-refractivity contribution in [2.75, 3.05) is 19.0 Å². The largest absolute Gasteiger partial charge is 0.452 e. The number of hydrogen-bond acceptors (Lipinski definition) is 4. The van der Waals surface area contributed by atoms with Crippen LogP contribution in [-0.2, 0) is 14.9 Å². The molecule has 1 rings (SSSR count). The maximum atomic E-state index is 12.0. The molecule has 1 amide bonds. The molecule has 0 radical (unpaired) electrons. The van der Waals surface area contributed by atoms with Gasteiger partial charge in [0.1, 0.15) is 0 Å². The Kier molecular flexibility index (Phi) is 5.68. The van der Waals surface area contributed by atoms with E-state index < -0.39 is 16.3 Å².